The summed E-state index contributed by atoms with van der Waals surface area (Å²) in [5.41, 5.74) is 2.49. The summed E-state index contributed by atoms with van der Waals surface area (Å²) in [6, 6.07) is 0. The topological polar surface area (TPSA) is 33.5 Å². The molecule has 5 heteroatoms. The van der Waals surface area contributed by atoms with Crippen LogP contribution in [0.25, 0.3) is 6.20 Å². The van der Waals surface area contributed by atoms with Gasteiger partial charge in [0.05, 0.1) is 12.8 Å². The van der Waals surface area contributed by atoms with Crippen LogP contribution in [0, 0.1) is 6.92 Å². The molecule has 0 spiro atoms. The van der Waals surface area contributed by atoms with Gasteiger partial charge in [-0.15, -0.1) is 0 Å². The Balaban J connectivity index is 1.82. The third-order valence-electron chi connectivity index (χ3n) is 3.79. The van der Waals surface area contributed by atoms with Crippen LogP contribution in [-0.4, -0.2) is 66.0 Å². The molecule has 0 saturated carbocycles. The SMILES string of the molecule is C=Cn1ncc(CN2CCN(CCOC)CC2)c1C. The Morgan fingerprint density at radius 1 is 1.32 bits per heavy atom. The molecular formula is C14H24N4O. The lowest BCUT2D eigenvalue weighted by Gasteiger charge is -2.34. The van der Waals surface area contributed by atoms with Crippen LogP contribution >= 0.6 is 0 Å². The lowest BCUT2D eigenvalue weighted by Crippen LogP contribution is -2.46. The number of piperazine rings is 1. The summed E-state index contributed by atoms with van der Waals surface area (Å²) in [7, 11) is 1.76. The quantitative estimate of drug-likeness (QED) is 0.769. The number of methoxy groups -OCH3 is 1. The Bertz CT molecular complexity index is 408. The third kappa shape index (κ3) is 3.65. The van der Waals surface area contributed by atoms with Crippen LogP contribution < -0.4 is 0 Å². The molecular weight excluding hydrogens is 240 g/mol. The normalized spacial score (nSPS) is 17.8. The van der Waals surface area contributed by atoms with E-state index >= 15 is 0 Å². The first-order valence-electron chi connectivity index (χ1n) is 6.83. The van der Waals surface area contributed by atoms with Crippen LogP contribution in [0.1, 0.15) is 11.3 Å². The predicted molar refractivity (Wildman–Crippen MR) is 76.9 cm³/mol. The van der Waals surface area contributed by atoms with Gasteiger partial charge in [0, 0.05) is 63.8 Å². The zero-order valence-corrected chi connectivity index (χ0v) is 12.0. The summed E-state index contributed by atoms with van der Waals surface area (Å²) in [6.07, 6.45) is 3.70. The van der Waals surface area contributed by atoms with Gasteiger partial charge in [0.2, 0.25) is 0 Å². The van der Waals surface area contributed by atoms with Crippen LogP contribution in [-0.2, 0) is 11.3 Å². The first kappa shape index (κ1) is 14.2. The molecule has 0 bridgehead atoms. The maximum absolute atomic E-state index is 5.12. The number of rotatable bonds is 6. The molecule has 1 aliphatic rings. The van der Waals surface area contributed by atoms with Crippen molar-refractivity contribution in [3.8, 4) is 0 Å². The van der Waals surface area contributed by atoms with E-state index in [1.165, 1.54) is 11.3 Å². The molecule has 0 aliphatic carbocycles. The monoisotopic (exact) mass is 264 g/mol. The van der Waals surface area contributed by atoms with Crippen molar-refractivity contribution in [2.24, 2.45) is 0 Å². The number of nitrogens with zero attached hydrogens (tertiary/aromatic N) is 4. The molecule has 0 amide bonds. The molecule has 1 aliphatic heterocycles. The summed E-state index contributed by atoms with van der Waals surface area (Å²) in [5.74, 6) is 0. The van der Waals surface area contributed by atoms with Crippen molar-refractivity contribution >= 4 is 6.20 Å². The molecule has 0 atom stereocenters. The second-order valence-electron chi connectivity index (χ2n) is 4.99. The van der Waals surface area contributed by atoms with E-state index in [4.69, 9.17) is 4.74 Å². The van der Waals surface area contributed by atoms with Crippen LogP contribution in [0.15, 0.2) is 12.8 Å². The summed E-state index contributed by atoms with van der Waals surface area (Å²) < 4.78 is 6.96. The fourth-order valence-electron chi connectivity index (χ4n) is 2.43. The second-order valence-corrected chi connectivity index (χ2v) is 4.99. The highest BCUT2D eigenvalue weighted by Gasteiger charge is 2.17. The zero-order chi connectivity index (χ0) is 13.7. The lowest BCUT2D eigenvalue weighted by molar-refractivity contribution is 0.0937. The van der Waals surface area contributed by atoms with Crippen molar-refractivity contribution in [2.75, 3.05) is 46.4 Å². The maximum Gasteiger partial charge on any atom is 0.0589 e. The van der Waals surface area contributed by atoms with E-state index in [9.17, 15) is 0 Å². The lowest BCUT2D eigenvalue weighted by atomic mass is 10.2. The van der Waals surface area contributed by atoms with Crippen LogP contribution in [0.5, 0.6) is 0 Å². The average Bonchev–Trinajstić information content (AvgIpc) is 2.79. The minimum absolute atomic E-state index is 0.825. The van der Waals surface area contributed by atoms with Crippen molar-refractivity contribution in [1.29, 1.82) is 0 Å². The van der Waals surface area contributed by atoms with E-state index in [1.54, 1.807) is 13.3 Å². The summed E-state index contributed by atoms with van der Waals surface area (Å²) in [5, 5.41) is 4.30. The zero-order valence-electron chi connectivity index (χ0n) is 12.0. The Labute approximate surface area is 115 Å². The molecule has 19 heavy (non-hydrogen) atoms. The maximum atomic E-state index is 5.12. The molecule has 0 unspecified atom stereocenters. The summed E-state index contributed by atoms with van der Waals surface area (Å²) in [6.45, 7) is 13.2. The number of hydrogen-bond donors (Lipinski definition) is 0. The van der Waals surface area contributed by atoms with Crippen molar-refractivity contribution < 1.29 is 4.74 Å². The van der Waals surface area contributed by atoms with E-state index in [1.807, 2.05) is 10.9 Å². The van der Waals surface area contributed by atoms with Gasteiger partial charge in [0.1, 0.15) is 0 Å². The predicted octanol–water partition coefficient (Wildman–Crippen LogP) is 1.06. The van der Waals surface area contributed by atoms with Gasteiger partial charge in [-0.1, -0.05) is 6.58 Å². The molecule has 1 aromatic rings. The highest BCUT2D eigenvalue weighted by Crippen LogP contribution is 2.12. The smallest absolute Gasteiger partial charge is 0.0589 e. The fourth-order valence-corrected chi connectivity index (χ4v) is 2.43. The molecule has 1 aromatic heterocycles. The van der Waals surface area contributed by atoms with E-state index < -0.39 is 0 Å². The average molecular weight is 264 g/mol. The fraction of sp³-hybridized carbons (Fsp3) is 0.643. The first-order valence-corrected chi connectivity index (χ1v) is 6.83. The Morgan fingerprint density at radius 3 is 2.58 bits per heavy atom. The molecule has 2 rings (SSSR count). The highest BCUT2D eigenvalue weighted by molar-refractivity contribution is 5.26. The Hall–Kier alpha value is -1.17. The van der Waals surface area contributed by atoms with Gasteiger partial charge in [-0.25, -0.2) is 4.68 Å². The molecule has 0 N–H and O–H groups in total. The van der Waals surface area contributed by atoms with Crippen LogP contribution in [0.4, 0.5) is 0 Å². The van der Waals surface area contributed by atoms with Crippen LogP contribution in [0.2, 0.25) is 0 Å². The van der Waals surface area contributed by atoms with Gasteiger partial charge >= 0.3 is 0 Å². The number of hydrogen-bond acceptors (Lipinski definition) is 4. The van der Waals surface area contributed by atoms with Gasteiger partial charge in [-0.05, 0) is 6.92 Å². The Morgan fingerprint density at radius 2 is 2.00 bits per heavy atom. The Kier molecular flexibility index (Phi) is 5.13. The van der Waals surface area contributed by atoms with E-state index in [0.29, 0.717) is 0 Å². The standard InChI is InChI=1S/C14H24N4O/c1-4-18-13(2)14(11-15-18)12-17-7-5-16(6-8-17)9-10-19-3/h4,11H,1,5-10,12H2,2-3H3. The molecule has 1 fully saturated rings. The number of ether oxygens (including phenoxy) is 1. The van der Waals surface area contributed by atoms with Crippen molar-refractivity contribution in [2.45, 2.75) is 13.5 Å². The molecule has 1 saturated heterocycles. The molecule has 106 valence electrons. The van der Waals surface area contributed by atoms with Crippen molar-refractivity contribution in [3.05, 3.63) is 24.0 Å². The molecule has 5 nitrogen and oxygen atoms in total. The van der Waals surface area contributed by atoms with Gasteiger partial charge in [0.15, 0.2) is 0 Å². The largest absolute Gasteiger partial charge is 0.383 e. The molecule has 2 heterocycles. The minimum atomic E-state index is 0.825. The first-order chi connectivity index (χ1) is 9.24. The van der Waals surface area contributed by atoms with E-state index in [0.717, 1.165) is 45.9 Å². The van der Waals surface area contributed by atoms with E-state index in [2.05, 4.69) is 28.4 Å². The van der Waals surface area contributed by atoms with Gasteiger partial charge in [-0.3, -0.25) is 9.80 Å². The minimum Gasteiger partial charge on any atom is -0.383 e. The molecule has 0 radical (unpaired) electrons. The van der Waals surface area contributed by atoms with E-state index in [-0.39, 0.29) is 0 Å². The molecule has 0 aromatic carbocycles. The van der Waals surface area contributed by atoms with Gasteiger partial charge in [-0.2, -0.15) is 5.10 Å². The summed E-state index contributed by atoms with van der Waals surface area (Å²) in [4.78, 5) is 4.95. The van der Waals surface area contributed by atoms with Crippen LogP contribution in [0.3, 0.4) is 0 Å². The highest BCUT2D eigenvalue weighted by atomic mass is 16.5. The summed E-state index contributed by atoms with van der Waals surface area (Å²) >= 11 is 0. The second kappa shape index (κ2) is 6.84. The van der Waals surface area contributed by atoms with Crippen molar-refractivity contribution in [3.63, 3.8) is 0 Å². The number of aromatic nitrogens is 2. The van der Waals surface area contributed by atoms with Crippen molar-refractivity contribution in [1.82, 2.24) is 19.6 Å². The third-order valence-corrected chi connectivity index (χ3v) is 3.79. The van der Waals surface area contributed by atoms with Gasteiger partial charge < -0.3 is 4.74 Å². The van der Waals surface area contributed by atoms with Gasteiger partial charge in [0.25, 0.3) is 0 Å².